The molecule has 1 aliphatic carbocycles. The van der Waals surface area contributed by atoms with Gasteiger partial charge in [0.2, 0.25) is 0 Å². The topological polar surface area (TPSA) is 24.9 Å². The standard InChI is InChI=1S/C13H15BrN2/c14-13-4-2-10(7-16-13)11-3-1-9-5-6-15-8-12(9)11/h2-4,7,9,12,15H,1,5-6,8H2/t9-,12+/m1/s1. The number of rotatable bonds is 1. The fourth-order valence-corrected chi connectivity index (χ4v) is 3.10. The number of aromatic nitrogens is 1. The summed E-state index contributed by atoms with van der Waals surface area (Å²) in [5, 5.41) is 3.50. The Kier molecular flexibility index (Phi) is 2.82. The van der Waals surface area contributed by atoms with Crippen molar-refractivity contribution in [1.82, 2.24) is 10.3 Å². The Hall–Kier alpha value is -0.670. The Bertz CT molecular complexity index is 410. The van der Waals surface area contributed by atoms with Gasteiger partial charge in [-0.15, -0.1) is 0 Å². The van der Waals surface area contributed by atoms with Crippen LogP contribution in [0.15, 0.2) is 29.0 Å². The normalized spacial score (nSPS) is 28.7. The van der Waals surface area contributed by atoms with E-state index in [1.807, 2.05) is 12.3 Å². The van der Waals surface area contributed by atoms with Gasteiger partial charge in [-0.1, -0.05) is 12.1 Å². The van der Waals surface area contributed by atoms with Crippen molar-refractivity contribution >= 4 is 21.5 Å². The summed E-state index contributed by atoms with van der Waals surface area (Å²) in [7, 11) is 0. The lowest BCUT2D eigenvalue weighted by Crippen LogP contribution is -2.34. The quantitative estimate of drug-likeness (QED) is 0.800. The van der Waals surface area contributed by atoms with E-state index >= 15 is 0 Å². The molecule has 3 heteroatoms. The first-order valence-electron chi connectivity index (χ1n) is 5.87. The molecule has 2 nitrogen and oxygen atoms in total. The second-order valence-electron chi connectivity index (χ2n) is 4.62. The minimum absolute atomic E-state index is 0.705. The van der Waals surface area contributed by atoms with Crippen LogP contribution < -0.4 is 5.32 Å². The number of allylic oxidation sites excluding steroid dienone is 1. The minimum Gasteiger partial charge on any atom is -0.316 e. The first-order valence-corrected chi connectivity index (χ1v) is 6.66. The van der Waals surface area contributed by atoms with Gasteiger partial charge in [0, 0.05) is 12.7 Å². The highest BCUT2D eigenvalue weighted by molar-refractivity contribution is 9.10. The number of hydrogen-bond donors (Lipinski definition) is 1. The molecule has 0 bridgehead atoms. The van der Waals surface area contributed by atoms with Crippen molar-refractivity contribution in [3.05, 3.63) is 34.6 Å². The predicted octanol–water partition coefficient (Wildman–Crippen LogP) is 2.86. The molecule has 0 spiro atoms. The van der Waals surface area contributed by atoms with E-state index in [0.717, 1.165) is 17.1 Å². The maximum absolute atomic E-state index is 4.32. The third kappa shape index (κ3) is 1.82. The van der Waals surface area contributed by atoms with E-state index in [0.29, 0.717) is 5.92 Å². The second kappa shape index (κ2) is 4.30. The molecule has 1 fully saturated rings. The molecule has 0 amide bonds. The summed E-state index contributed by atoms with van der Waals surface area (Å²) in [6, 6.07) is 4.19. The van der Waals surface area contributed by atoms with Crippen molar-refractivity contribution in [1.29, 1.82) is 0 Å². The van der Waals surface area contributed by atoms with E-state index in [9.17, 15) is 0 Å². The van der Waals surface area contributed by atoms with Crippen molar-refractivity contribution in [3.63, 3.8) is 0 Å². The van der Waals surface area contributed by atoms with Crippen LogP contribution in [0.3, 0.4) is 0 Å². The van der Waals surface area contributed by atoms with E-state index in [2.05, 4.69) is 38.4 Å². The average Bonchev–Trinajstić information content (AvgIpc) is 2.74. The third-order valence-electron chi connectivity index (χ3n) is 3.73. The van der Waals surface area contributed by atoms with E-state index in [4.69, 9.17) is 0 Å². The molecule has 2 heterocycles. The Morgan fingerprint density at radius 1 is 1.38 bits per heavy atom. The lowest BCUT2D eigenvalue weighted by molar-refractivity contribution is 0.328. The maximum Gasteiger partial charge on any atom is 0.106 e. The van der Waals surface area contributed by atoms with Gasteiger partial charge in [0.05, 0.1) is 0 Å². The fourth-order valence-electron chi connectivity index (χ4n) is 2.87. The number of fused-ring (bicyclic) bond motifs is 1. The molecule has 1 aromatic heterocycles. The number of nitrogens with zero attached hydrogens (tertiary/aromatic N) is 1. The molecule has 0 aromatic carbocycles. The van der Waals surface area contributed by atoms with Crippen LogP contribution in [0.1, 0.15) is 18.4 Å². The highest BCUT2D eigenvalue weighted by atomic mass is 79.9. The van der Waals surface area contributed by atoms with Crippen LogP contribution >= 0.6 is 15.9 Å². The molecule has 1 N–H and O–H groups in total. The maximum atomic E-state index is 4.32. The van der Waals surface area contributed by atoms with Gasteiger partial charge in [-0.25, -0.2) is 4.98 Å². The summed E-state index contributed by atoms with van der Waals surface area (Å²) in [5.74, 6) is 1.57. The molecule has 1 aliphatic heterocycles. The van der Waals surface area contributed by atoms with Crippen molar-refractivity contribution in [2.75, 3.05) is 13.1 Å². The lowest BCUT2D eigenvalue weighted by atomic mass is 9.84. The molecule has 16 heavy (non-hydrogen) atoms. The zero-order valence-corrected chi connectivity index (χ0v) is 10.7. The van der Waals surface area contributed by atoms with Crippen LogP contribution in [0, 0.1) is 11.8 Å². The van der Waals surface area contributed by atoms with Gasteiger partial charge in [-0.2, -0.15) is 0 Å². The van der Waals surface area contributed by atoms with Gasteiger partial charge in [-0.05, 0) is 64.4 Å². The molecule has 2 atom stereocenters. The highest BCUT2D eigenvalue weighted by Crippen LogP contribution is 2.40. The van der Waals surface area contributed by atoms with Gasteiger partial charge in [0.1, 0.15) is 4.60 Å². The van der Waals surface area contributed by atoms with E-state index in [-0.39, 0.29) is 0 Å². The Morgan fingerprint density at radius 2 is 2.31 bits per heavy atom. The van der Waals surface area contributed by atoms with Crippen LogP contribution in [-0.4, -0.2) is 18.1 Å². The smallest absolute Gasteiger partial charge is 0.106 e. The van der Waals surface area contributed by atoms with Gasteiger partial charge in [-0.3, -0.25) is 0 Å². The number of pyridine rings is 1. The third-order valence-corrected chi connectivity index (χ3v) is 4.19. The summed E-state index contributed by atoms with van der Waals surface area (Å²) < 4.78 is 0.910. The minimum atomic E-state index is 0.705. The van der Waals surface area contributed by atoms with Gasteiger partial charge >= 0.3 is 0 Å². The molecule has 84 valence electrons. The molecule has 0 saturated carbocycles. The SMILES string of the molecule is Brc1ccc(C2=CC[C@@H]3CCNC[C@H]23)cn1. The molecule has 0 unspecified atom stereocenters. The van der Waals surface area contributed by atoms with Crippen LogP contribution in [-0.2, 0) is 0 Å². The van der Waals surface area contributed by atoms with Crippen molar-refractivity contribution in [2.24, 2.45) is 11.8 Å². The Morgan fingerprint density at radius 3 is 3.12 bits per heavy atom. The van der Waals surface area contributed by atoms with E-state index in [1.54, 1.807) is 0 Å². The Labute approximate surface area is 104 Å². The van der Waals surface area contributed by atoms with Crippen molar-refractivity contribution < 1.29 is 0 Å². The first kappa shape index (κ1) is 10.5. The zero-order valence-electron chi connectivity index (χ0n) is 9.12. The largest absolute Gasteiger partial charge is 0.316 e. The van der Waals surface area contributed by atoms with Crippen LogP contribution in [0.25, 0.3) is 5.57 Å². The summed E-state index contributed by atoms with van der Waals surface area (Å²) in [4.78, 5) is 4.32. The van der Waals surface area contributed by atoms with Crippen LogP contribution in [0.5, 0.6) is 0 Å². The van der Waals surface area contributed by atoms with Crippen LogP contribution in [0.2, 0.25) is 0 Å². The Balaban J connectivity index is 1.87. The number of piperidine rings is 1. The molecular formula is C13H15BrN2. The second-order valence-corrected chi connectivity index (χ2v) is 5.44. The molecule has 1 aromatic rings. The lowest BCUT2D eigenvalue weighted by Gasteiger charge is -2.28. The molecule has 1 saturated heterocycles. The van der Waals surface area contributed by atoms with Gasteiger partial charge in [0.25, 0.3) is 0 Å². The molecular weight excluding hydrogens is 264 g/mol. The number of halogens is 1. The average molecular weight is 279 g/mol. The summed E-state index contributed by atoms with van der Waals surface area (Å²) in [6.07, 6.45) is 6.95. The highest BCUT2D eigenvalue weighted by Gasteiger charge is 2.32. The zero-order chi connectivity index (χ0) is 11.0. The summed E-state index contributed by atoms with van der Waals surface area (Å²) in [5.41, 5.74) is 2.79. The number of nitrogens with one attached hydrogen (secondary N) is 1. The van der Waals surface area contributed by atoms with E-state index < -0.39 is 0 Å². The van der Waals surface area contributed by atoms with Gasteiger partial charge in [0.15, 0.2) is 0 Å². The van der Waals surface area contributed by atoms with E-state index in [1.165, 1.54) is 30.5 Å². The monoisotopic (exact) mass is 278 g/mol. The van der Waals surface area contributed by atoms with Gasteiger partial charge < -0.3 is 5.32 Å². The first-order chi connectivity index (χ1) is 7.84. The van der Waals surface area contributed by atoms with Crippen molar-refractivity contribution in [2.45, 2.75) is 12.8 Å². The predicted molar refractivity (Wildman–Crippen MR) is 69.0 cm³/mol. The molecule has 0 radical (unpaired) electrons. The summed E-state index contributed by atoms with van der Waals surface area (Å²) >= 11 is 3.38. The van der Waals surface area contributed by atoms with Crippen LogP contribution in [0.4, 0.5) is 0 Å². The number of hydrogen-bond acceptors (Lipinski definition) is 2. The molecule has 3 rings (SSSR count). The fraction of sp³-hybridized carbons (Fsp3) is 0.462. The molecule has 2 aliphatic rings. The summed E-state index contributed by atoms with van der Waals surface area (Å²) in [6.45, 7) is 2.31. The van der Waals surface area contributed by atoms with Crippen molar-refractivity contribution in [3.8, 4) is 0 Å².